The second kappa shape index (κ2) is 8.48. The van der Waals surface area contributed by atoms with Crippen molar-refractivity contribution in [3.05, 3.63) is 35.5 Å². The van der Waals surface area contributed by atoms with Crippen molar-refractivity contribution >= 4 is 18.0 Å². The molecule has 0 atom stereocenters. The van der Waals surface area contributed by atoms with Gasteiger partial charge in [0, 0.05) is 30.4 Å². The molecule has 2 aromatic rings. The van der Waals surface area contributed by atoms with Crippen molar-refractivity contribution in [3.63, 3.8) is 0 Å². The number of ether oxygens (including phenoxy) is 3. The van der Waals surface area contributed by atoms with E-state index in [1.54, 1.807) is 20.4 Å². The minimum Gasteiger partial charge on any atom is -0.497 e. The monoisotopic (exact) mass is 357 g/mol. The van der Waals surface area contributed by atoms with Crippen molar-refractivity contribution < 1.29 is 14.2 Å². The molecule has 1 aromatic heterocycles. The van der Waals surface area contributed by atoms with Crippen molar-refractivity contribution in [3.8, 4) is 11.5 Å². The topological polar surface area (TPSA) is 81.1 Å². The molecule has 8 heteroatoms. The first kappa shape index (κ1) is 17.9. The molecule has 0 unspecified atom stereocenters. The predicted octanol–water partition coefficient (Wildman–Crippen LogP) is 2.08. The van der Waals surface area contributed by atoms with Gasteiger partial charge in [0.2, 0.25) is 5.95 Å². The second-order valence-corrected chi connectivity index (χ2v) is 5.77. The SMILES string of the molecule is COc1ccc(OC)c(/C=N\Nc2cc(C)nc(N3CCOCC3)n2)c1. The van der Waals surface area contributed by atoms with Gasteiger partial charge in [-0.05, 0) is 25.1 Å². The average molecular weight is 357 g/mol. The van der Waals surface area contributed by atoms with Crippen LogP contribution in [-0.4, -0.2) is 56.7 Å². The highest BCUT2D eigenvalue weighted by Gasteiger charge is 2.14. The molecular formula is C18H23N5O3. The largest absolute Gasteiger partial charge is 0.497 e. The van der Waals surface area contributed by atoms with E-state index in [0.717, 1.165) is 30.1 Å². The van der Waals surface area contributed by atoms with Gasteiger partial charge in [0.1, 0.15) is 11.5 Å². The van der Waals surface area contributed by atoms with Gasteiger partial charge in [-0.1, -0.05) is 0 Å². The molecule has 0 amide bonds. The maximum atomic E-state index is 5.38. The van der Waals surface area contributed by atoms with E-state index in [2.05, 4.69) is 25.4 Å². The van der Waals surface area contributed by atoms with Crippen LogP contribution < -0.4 is 19.8 Å². The number of rotatable bonds is 6. The normalized spacial score (nSPS) is 14.5. The number of hydrogen-bond donors (Lipinski definition) is 1. The van der Waals surface area contributed by atoms with Crippen molar-refractivity contribution in [1.29, 1.82) is 0 Å². The summed E-state index contributed by atoms with van der Waals surface area (Å²) in [6.07, 6.45) is 1.67. The fourth-order valence-electron chi connectivity index (χ4n) is 2.62. The number of nitrogens with one attached hydrogen (secondary N) is 1. The standard InChI is InChI=1S/C18H23N5O3/c1-13-10-17(21-18(20-13)23-6-8-26-9-7-23)22-19-12-14-11-15(24-2)4-5-16(14)25-3/h4-5,10-12H,6-9H2,1-3H3,(H,20,21,22)/b19-12-. The Bertz CT molecular complexity index is 775. The molecule has 1 saturated heterocycles. The number of anilines is 2. The third-order valence-electron chi connectivity index (χ3n) is 3.96. The van der Waals surface area contributed by atoms with Gasteiger partial charge in [0.05, 0.1) is 33.6 Å². The second-order valence-electron chi connectivity index (χ2n) is 5.77. The molecule has 1 N–H and O–H groups in total. The summed E-state index contributed by atoms with van der Waals surface area (Å²) in [4.78, 5) is 11.2. The van der Waals surface area contributed by atoms with Crippen molar-refractivity contribution in [2.24, 2.45) is 5.10 Å². The first-order valence-electron chi connectivity index (χ1n) is 8.39. The van der Waals surface area contributed by atoms with Gasteiger partial charge in [-0.2, -0.15) is 10.1 Å². The lowest BCUT2D eigenvalue weighted by atomic mass is 10.2. The first-order chi connectivity index (χ1) is 12.7. The van der Waals surface area contributed by atoms with Gasteiger partial charge in [0.25, 0.3) is 0 Å². The van der Waals surface area contributed by atoms with E-state index in [4.69, 9.17) is 14.2 Å². The van der Waals surface area contributed by atoms with E-state index in [9.17, 15) is 0 Å². The van der Waals surface area contributed by atoms with E-state index >= 15 is 0 Å². The number of benzene rings is 1. The van der Waals surface area contributed by atoms with Crippen LogP contribution in [0, 0.1) is 6.92 Å². The van der Waals surface area contributed by atoms with E-state index < -0.39 is 0 Å². The van der Waals surface area contributed by atoms with E-state index in [-0.39, 0.29) is 0 Å². The van der Waals surface area contributed by atoms with Crippen LogP contribution in [-0.2, 0) is 4.74 Å². The fourth-order valence-corrected chi connectivity index (χ4v) is 2.62. The Balaban J connectivity index is 1.75. The summed E-state index contributed by atoms with van der Waals surface area (Å²) < 4.78 is 16.0. The molecule has 1 aliphatic heterocycles. The summed E-state index contributed by atoms with van der Waals surface area (Å²) in [5.74, 6) is 2.77. The highest BCUT2D eigenvalue weighted by Crippen LogP contribution is 2.22. The number of aryl methyl sites for hydroxylation is 1. The molecule has 138 valence electrons. The van der Waals surface area contributed by atoms with Gasteiger partial charge in [-0.15, -0.1) is 0 Å². The Morgan fingerprint density at radius 2 is 1.96 bits per heavy atom. The van der Waals surface area contributed by atoms with Crippen LogP contribution in [0.15, 0.2) is 29.4 Å². The van der Waals surface area contributed by atoms with Crippen LogP contribution in [0.25, 0.3) is 0 Å². The number of morpholine rings is 1. The van der Waals surface area contributed by atoms with Crippen LogP contribution in [0.4, 0.5) is 11.8 Å². The molecular weight excluding hydrogens is 334 g/mol. The molecule has 3 rings (SSSR count). The smallest absolute Gasteiger partial charge is 0.227 e. The third kappa shape index (κ3) is 4.40. The van der Waals surface area contributed by atoms with Crippen molar-refractivity contribution in [2.45, 2.75) is 6.92 Å². The quantitative estimate of drug-likeness (QED) is 0.626. The number of aromatic nitrogens is 2. The molecule has 1 aromatic carbocycles. The number of hydrogen-bond acceptors (Lipinski definition) is 8. The maximum absolute atomic E-state index is 5.38. The van der Waals surface area contributed by atoms with Crippen LogP contribution >= 0.6 is 0 Å². The van der Waals surface area contributed by atoms with E-state index in [1.165, 1.54) is 0 Å². The highest BCUT2D eigenvalue weighted by atomic mass is 16.5. The Labute approximate surface area is 152 Å². The molecule has 0 aliphatic carbocycles. The van der Waals surface area contributed by atoms with Crippen LogP contribution in [0.1, 0.15) is 11.3 Å². The van der Waals surface area contributed by atoms with Gasteiger partial charge in [-0.3, -0.25) is 5.43 Å². The maximum Gasteiger partial charge on any atom is 0.227 e. The summed E-state index contributed by atoms with van der Waals surface area (Å²) in [5.41, 5.74) is 4.64. The lowest BCUT2D eigenvalue weighted by molar-refractivity contribution is 0.122. The summed E-state index contributed by atoms with van der Waals surface area (Å²) in [6, 6.07) is 7.38. The molecule has 0 saturated carbocycles. The number of hydrazone groups is 1. The zero-order valence-electron chi connectivity index (χ0n) is 15.2. The molecule has 2 heterocycles. The van der Waals surface area contributed by atoms with Gasteiger partial charge < -0.3 is 19.1 Å². The molecule has 1 fully saturated rings. The fraction of sp³-hybridized carbons (Fsp3) is 0.389. The minimum atomic E-state index is 0.636. The average Bonchev–Trinajstić information content (AvgIpc) is 2.68. The lowest BCUT2D eigenvalue weighted by Crippen LogP contribution is -2.37. The summed E-state index contributed by atoms with van der Waals surface area (Å²) in [7, 11) is 3.24. The Morgan fingerprint density at radius 1 is 1.15 bits per heavy atom. The molecule has 26 heavy (non-hydrogen) atoms. The third-order valence-corrected chi connectivity index (χ3v) is 3.96. The van der Waals surface area contributed by atoms with Crippen molar-refractivity contribution in [1.82, 2.24) is 9.97 Å². The molecule has 8 nitrogen and oxygen atoms in total. The first-order valence-corrected chi connectivity index (χ1v) is 8.39. The van der Waals surface area contributed by atoms with Crippen LogP contribution in [0.2, 0.25) is 0 Å². The van der Waals surface area contributed by atoms with Gasteiger partial charge >= 0.3 is 0 Å². The van der Waals surface area contributed by atoms with Gasteiger partial charge in [0.15, 0.2) is 5.82 Å². The Kier molecular flexibility index (Phi) is 5.85. The van der Waals surface area contributed by atoms with Crippen LogP contribution in [0.5, 0.6) is 11.5 Å². The van der Waals surface area contributed by atoms with E-state index in [0.29, 0.717) is 30.7 Å². The van der Waals surface area contributed by atoms with Crippen molar-refractivity contribution in [2.75, 3.05) is 50.8 Å². The molecule has 0 spiro atoms. The highest BCUT2D eigenvalue weighted by molar-refractivity contribution is 5.84. The summed E-state index contributed by atoms with van der Waals surface area (Å²) >= 11 is 0. The van der Waals surface area contributed by atoms with E-state index in [1.807, 2.05) is 31.2 Å². The molecule has 1 aliphatic rings. The minimum absolute atomic E-state index is 0.636. The summed E-state index contributed by atoms with van der Waals surface area (Å²) in [5, 5.41) is 4.28. The lowest BCUT2D eigenvalue weighted by Gasteiger charge is -2.27. The Hall–Kier alpha value is -2.87. The Morgan fingerprint density at radius 3 is 2.69 bits per heavy atom. The predicted molar refractivity (Wildman–Crippen MR) is 101 cm³/mol. The number of nitrogens with zero attached hydrogens (tertiary/aromatic N) is 4. The summed E-state index contributed by atoms with van der Waals surface area (Å²) in [6.45, 7) is 4.88. The molecule has 0 radical (unpaired) electrons. The van der Waals surface area contributed by atoms with Crippen LogP contribution in [0.3, 0.4) is 0 Å². The number of methoxy groups -OCH3 is 2. The zero-order valence-corrected chi connectivity index (χ0v) is 15.2. The van der Waals surface area contributed by atoms with Gasteiger partial charge in [-0.25, -0.2) is 4.98 Å². The zero-order chi connectivity index (χ0) is 18.4. The molecule has 0 bridgehead atoms.